The molecule has 1 aliphatic heterocycles. The average Bonchev–Trinajstić information content (AvgIpc) is 2.15. The number of hydrogen-bond acceptors (Lipinski definition) is 1. The van der Waals surface area contributed by atoms with Crippen LogP contribution in [-0.4, -0.2) is 0 Å². The number of hydrogen-bond donors (Lipinski definition) is 0. The quantitative estimate of drug-likeness (QED) is 0.546. The van der Waals surface area contributed by atoms with Crippen LogP contribution in [0.4, 0.5) is 0 Å². The van der Waals surface area contributed by atoms with Crippen molar-refractivity contribution in [1.29, 1.82) is 0 Å². The van der Waals surface area contributed by atoms with Gasteiger partial charge in [0.25, 0.3) is 0 Å². The minimum Gasteiger partial charge on any atom is -0.466 e. The first-order valence-corrected chi connectivity index (χ1v) is 4.66. The normalized spacial score (nSPS) is 19.2. The molecule has 0 amide bonds. The van der Waals surface area contributed by atoms with Gasteiger partial charge in [0.15, 0.2) is 0 Å². The second-order valence-electron chi connectivity index (χ2n) is 3.71. The van der Waals surface area contributed by atoms with Crippen LogP contribution in [0.15, 0.2) is 33.8 Å². The molecule has 0 atom stereocenters. The molecule has 0 aliphatic carbocycles. The van der Waals surface area contributed by atoms with Crippen LogP contribution in [0.2, 0.25) is 0 Å². The van der Waals surface area contributed by atoms with Crippen molar-refractivity contribution in [3.05, 3.63) is 33.8 Å². The molecule has 0 aromatic rings. The van der Waals surface area contributed by atoms with E-state index >= 15 is 0 Å². The average molecular weight is 178 g/mol. The van der Waals surface area contributed by atoms with Crippen molar-refractivity contribution >= 4 is 0 Å². The lowest BCUT2D eigenvalue weighted by molar-refractivity contribution is 0.303. The number of rotatable bonds is 0. The third kappa shape index (κ3) is 1.69. The van der Waals surface area contributed by atoms with E-state index in [2.05, 4.69) is 27.7 Å². The number of allylic oxidation sites excluding steroid dienone is 6. The Morgan fingerprint density at radius 3 is 1.15 bits per heavy atom. The van der Waals surface area contributed by atoms with E-state index in [1.807, 2.05) is 13.8 Å². The predicted octanol–water partition coefficient (Wildman–Crippen LogP) is 3.94. The summed E-state index contributed by atoms with van der Waals surface area (Å²) in [6, 6.07) is 0. The van der Waals surface area contributed by atoms with E-state index < -0.39 is 0 Å². The van der Waals surface area contributed by atoms with Crippen LogP contribution < -0.4 is 0 Å². The predicted molar refractivity (Wildman–Crippen MR) is 56.2 cm³/mol. The van der Waals surface area contributed by atoms with Crippen molar-refractivity contribution < 1.29 is 4.74 Å². The maximum Gasteiger partial charge on any atom is 0.104 e. The highest BCUT2D eigenvalue weighted by Gasteiger charge is 2.13. The van der Waals surface area contributed by atoms with E-state index in [0.717, 1.165) is 11.5 Å². The van der Waals surface area contributed by atoms with Crippen molar-refractivity contribution in [3.8, 4) is 0 Å². The lowest BCUT2D eigenvalue weighted by Crippen LogP contribution is -1.89. The second-order valence-corrected chi connectivity index (χ2v) is 3.71. The van der Waals surface area contributed by atoms with E-state index in [-0.39, 0.29) is 0 Å². The Balaban J connectivity index is 3.35. The Morgan fingerprint density at radius 2 is 0.846 bits per heavy atom. The fraction of sp³-hybridized carbons (Fsp3) is 0.500. The zero-order valence-electron chi connectivity index (χ0n) is 9.41. The van der Waals surface area contributed by atoms with Gasteiger partial charge in [-0.2, -0.15) is 0 Å². The molecular weight excluding hydrogens is 160 g/mol. The summed E-state index contributed by atoms with van der Waals surface area (Å²) in [6.45, 7) is 12.6. The Morgan fingerprint density at radius 1 is 0.538 bits per heavy atom. The fourth-order valence-electron chi connectivity index (χ4n) is 1.47. The smallest absolute Gasteiger partial charge is 0.104 e. The SMILES string of the molecule is CC1=C(C)C(C)=C(C)C(C)=C(C)O1. The Bertz CT molecular complexity index is 295. The van der Waals surface area contributed by atoms with Gasteiger partial charge < -0.3 is 4.74 Å². The highest BCUT2D eigenvalue weighted by Crippen LogP contribution is 2.29. The molecule has 0 aromatic carbocycles. The molecule has 1 heteroatoms. The van der Waals surface area contributed by atoms with Gasteiger partial charge in [0.1, 0.15) is 11.5 Å². The van der Waals surface area contributed by atoms with Gasteiger partial charge in [0.2, 0.25) is 0 Å². The van der Waals surface area contributed by atoms with Crippen molar-refractivity contribution in [3.63, 3.8) is 0 Å². The summed E-state index contributed by atoms with van der Waals surface area (Å²) in [4.78, 5) is 0. The molecule has 1 rings (SSSR count). The van der Waals surface area contributed by atoms with E-state index in [1.165, 1.54) is 22.3 Å². The molecule has 0 radical (unpaired) electrons. The van der Waals surface area contributed by atoms with Crippen molar-refractivity contribution in [2.45, 2.75) is 41.5 Å². The molecule has 1 heterocycles. The summed E-state index contributed by atoms with van der Waals surface area (Å²) in [5.74, 6) is 2.04. The van der Waals surface area contributed by atoms with Crippen LogP contribution in [-0.2, 0) is 4.74 Å². The maximum absolute atomic E-state index is 5.69. The molecule has 0 fully saturated rings. The lowest BCUT2D eigenvalue weighted by Gasteiger charge is -2.07. The van der Waals surface area contributed by atoms with Gasteiger partial charge in [-0.05, 0) is 63.8 Å². The second kappa shape index (κ2) is 3.41. The zero-order chi connectivity index (χ0) is 10.2. The van der Waals surface area contributed by atoms with Gasteiger partial charge in [-0.15, -0.1) is 0 Å². The van der Waals surface area contributed by atoms with Gasteiger partial charge in [-0.1, -0.05) is 0 Å². The summed E-state index contributed by atoms with van der Waals surface area (Å²) >= 11 is 0. The van der Waals surface area contributed by atoms with Crippen LogP contribution in [0.25, 0.3) is 0 Å². The molecule has 0 spiro atoms. The zero-order valence-corrected chi connectivity index (χ0v) is 9.41. The summed E-state index contributed by atoms with van der Waals surface area (Å²) in [7, 11) is 0. The Hall–Kier alpha value is -0.980. The third-order valence-electron chi connectivity index (χ3n) is 3.05. The maximum atomic E-state index is 5.69. The van der Waals surface area contributed by atoms with Crippen LogP contribution in [0.1, 0.15) is 41.5 Å². The van der Waals surface area contributed by atoms with Crippen LogP contribution >= 0.6 is 0 Å². The highest BCUT2D eigenvalue weighted by atomic mass is 16.5. The van der Waals surface area contributed by atoms with Crippen LogP contribution in [0.5, 0.6) is 0 Å². The van der Waals surface area contributed by atoms with E-state index in [9.17, 15) is 0 Å². The fourth-order valence-corrected chi connectivity index (χ4v) is 1.47. The summed E-state index contributed by atoms with van der Waals surface area (Å²) < 4.78 is 5.69. The molecule has 0 aromatic heterocycles. The standard InChI is InChI=1S/C12H18O/c1-7-8(2)10(4)12(6)13-11(5)9(7)3/h1-6H3. The Labute approximate surface area is 80.8 Å². The third-order valence-corrected chi connectivity index (χ3v) is 3.05. The molecular formula is C12H18O. The van der Waals surface area contributed by atoms with E-state index in [1.54, 1.807) is 0 Å². The molecule has 1 nitrogen and oxygen atoms in total. The number of ether oxygens (including phenoxy) is 1. The molecule has 0 saturated carbocycles. The minimum absolute atomic E-state index is 1.02. The van der Waals surface area contributed by atoms with Gasteiger partial charge in [-0.25, -0.2) is 0 Å². The molecule has 0 unspecified atom stereocenters. The monoisotopic (exact) mass is 178 g/mol. The van der Waals surface area contributed by atoms with Gasteiger partial charge in [0, 0.05) is 0 Å². The summed E-state index contributed by atoms with van der Waals surface area (Å²) in [5.41, 5.74) is 5.20. The Kier molecular flexibility index (Phi) is 2.65. The van der Waals surface area contributed by atoms with Gasteiger partial charge in [0.05, 0.1) is 0 Å². The minimum atomic E-state index is 1.02. The van der Waals surface area contributed by atoms with Crippen LogP contribution in [0.3, 0.4) is 0 Å². The summed E-state index contributed by atoms with van der Waals surface area (Å²) in [6.07, 6.45) is 0. The topological polar surface area (TPSA) is 9.23 Å². The van der Waals surface area contributed by atoms with Gasteiger partial charge in [-0.3, -0.25) is 0 Å². The molecule has 0 saturated heterocycles. The largest absolute Gasteiger partial charge is 0.466 e. The van der Waals surface area contributed by atoms with E-state index in [0.29, 0.717) is 0 Å². The van der Waals surface area contributed by atoms with Crippen LogP contribution in [0, 0.1) is 0 Å². The first-order chi connectivity index (χ1) is 5.95. The van der Waals surface area contributed by atoms with Crippen molar-refractivity contribution in [2.24, 2.45) is 0 Å². The summed E-state index contributed by atoms with van der Waals surface area (Å²) in [5, 5.41) is 0. The molecule has 0 N–H and O–H groups in total. The molecule has 0 bridgehead atoms. The molecule has 72 valence electrons. The van der Waals surface area contributed by atoms with Gasteiger partial charge >= 0.3 is 0 Å². The molecule has 1 aliphatic rings. The first kappa shape index (κ1) is 10.1. The van der Waals surface area contributed by atoms with Crippen molar-refractivity contribution in [1.82, 2.24) is 0 Å². The lowest BCUT2D eigenvalue weighted by atomic mass is 9.98. The highest BCUT2D eigenvalue weighted by molar-refractivity contribution is 5.44. The first-order valence-electron chi connectivity index (χ1n) is 4.66. The van der Waals surface area contributed by atoms with E-state index in [4.69, 9.17) is 4.74 Å². The molecule has 13 heavy (non-hydrogen) atoms. The van der Waals surface area contributed by atoms with Crippen molar-refractivity contribution in [2.75, 3.05) is 0 Å².